The average molecular weight is 396 g/mol. The van der Waals surface area contributed by atoms with Gasteiger partial charge in [-0.3, -0.25) is 9.88 Å². The molecule has 29 heavy (non-hydrogen) atoms. The third-order valence-corrected chi connectivity index (χ3v) is 6.09. The molecule has 2 bridgehead atoms. The number of hydrogen-bond acceptors (Lipinski definition) is 5. The lowest BCUT2D eigenvalue weighted by atomic mass is 9.77. The molecule has 2 N–H and O–H groups in total. The van der Waals surface area contributed by atoms with Crippen LogP contribution in [0, 0.1) is 5.92 Å². The number of benzene rings is 1. The van der Waals surface area contributed by atoms with Gasteiger partial charge in [0.25, 0.3) is 0 Å². The van der Waals surface area contributed by atoms with Crippen molar-refractivity contribution >= 4 is 11.7 Å². The van der Waals surface area contributed by atoms with Crippen molar-refractivity contribution in [3.8, 4) is 11.5 Å². The topological polar surface area (TPSA) is 75.7 Å². The molecule has 7 heteroatoms. The minimum absolute atomic E-state index is 0.113. The third-order valence-electron chi connectivity index (χ3n) is 6.09. The minimum atomic E-state index is -0.205. The zero-order chi connectivity index (χ0) is 20.2. The monoisotopic (exact) mass is 396 g/mol. The van der Waals surface area contributed by atoms with Crippen molar-refractivity contribution in [2.45, 2.75) is 31.3 Å². The Hall–Kier alpha value is -2.80. The Balaban J connectivity index is 1.47. The fourth-order valence-corrected chi connectivity index (χ4v) is 4.59. The third kappa shape index (κ3) is 4.29. The predicted molar refractivity (Wildman–Crippen MR) is 112 cm³/mol. The van der Waals surface area contributed by atoms with Crippen molar-refractivity contribution in [1.82, 2.24) is 15.2 Å². The highest BCUT2D eigenvalue weighted by Crippen LogP contribution is 2.34. The van der Waals surface area contributed by atoms with Gasteiger partial charge in [0.1, 0.15) is 11.5 Å². The molecule has 0 saturated carbocycles. The van der Waals surface area contributed by atoms with Crippen molar-refractivity contribution in [2.24, 2.45) is 5.92 Å². The number of ether oxygens (including phenoxy) is 2. The van der Waals surface area contributed by atoms with Crippen molar-refractivity contribution in [3.05, 3.63) is 48.3 Å². The molecule has 0 radical (unpaired) electrons. The molecule has 2 amide bonds. The first-order chi connectivity index (χ1) is 14.2. The van der Waals surface area contributed by atoms with Crippen LogP contribution in [0.4, 0.5) is 10.5 Å². The number of rotatable bonds is 6. The van der Waals surface area contributed by atoms with Gasteiger partial charge in [-0.1, -0.05) is 6.07 Å². The molecular weight excluding hydrogens is 368 g/mol. The highest BCUT2D eigenvalue weighted by Gasteiger charge is 2.42. The Kier molecular flexibility index (Phi) is 5.85. The number of hydrogen-bond donors (Lipinski definition) is 2. The molecule has 5 rings (SSSR count). The smallest absolute Gasteiger partial charge is 0.319 e. The van der Waals surface area contributed by atoms with Crippen molar-refractivity contribution in [1.29, 1.82) is 0 Å². The van der Waals surface area contributed by atoms with Gasteiger partial charge in [0, 0.05) is 30.5 Å². The highest BCUT2D eigenvalue weighted by molar-refractivity contribution is 5.91. The van der Waals surface area contributed by atoms with E-state index in [9.17, 15) is 4.79 Å². The lowest BCUT2D eigenvalue weighted by Crippen LogP contribution is -2.64. The molecule has 2 aromatic rings. The van der Waals surface area contributed by atoms with Gasteiger partial charge in [-0.2, -0.15) is 0 Å². The molecule has 0 unspecified atom stereocenters. The maximum absolute atomic E-state index is 12.8. The van der Waals surface area contributed by atoms with Gasteiger partial charge in [-0.25, -0.2) is 4.79 Å². The molecule has 3 aliphatic heterocycles. The van der Waals surface area contributed by atoms with E-state index in [0.717, 1.165) is 32.4 Å². The van der Waals surface area contributed by atoms with Crippen LogP contribution >= 0.6 is 0 Å². The molecular formula is C22H28N4O3. The van der Waals surface area contributed by atoms with Gasteiger partial charge in [0.2, 0.25) is 0 Å². The summed E-state index contributed by atoms with van der Waals surface area (Å²) in [5, 5.41) is 6.19. The number of piperidine rings is 3. The van der Waals surface area contributed by atoms with Gasteiger partial charge in [0.15, 0.2) is 0 Å². The van der Waals surface area contributed by atoms with Crippen LogP contribution in [0.1, 0.15) is 18.4 Å². The fourth-order valence-electron chi connectivity index (χ4n) is 4.59. The lowest BCUT2D eigenvalue weighted by Gasteiger charge is -2.51. The Morgan fingerprint density at radius 2 is 2.03 bits per heavy atom. The Morgan fingerprint density at radius 3 is 2.72 bits per heavy atom. The number of pyridine rings is 1. The summed E-state index contributed by atoms with van der Waals surface area (Å²) in [5.41, 5.74) is 1.82. The van der Waals surface area contributed by atoms with Gasteiger partial charge in [-0.15, -0.1) is 0 Å². The Bertz CT molecular complexity index is 837. The summed E-state index contributed by atoms with van der Waals surface area (Å²) in [5.74, 6) is 1.76. The predicted octanol–water partition coefficient (Wildman–Crippen LogP) is 2.93. The minimum Gasteiger partial charge on any atom is -0.497 e. The van der Waals surface area contributed by atoms with Gasteiger partial charge < -0.3 is 20.1 Å². The summed E-state index contributed by atoms with van der Waals surface area (Å²) in [6, 6.07) is 9.63. The van der Waals surface area contributed by atoms with E-state index in [1.165, 1.54) is 5.56 Å². The largest absolute Gasteiger partial charge is 0.497 e. The van der Waals surface area contributed by atoms with Crippen LogP contribution in [-0.2, 0) is 6.42 Å². The number of carbonyl (C=O) groups is 1. The van der Waals surface area contributed by atoms with E-state index >= 15 is 0 Å². The van der Waals surface area contributed by atoms with Crippen LogP contribution in [0.2, 0.25) is 0 Å². The van der Waals surface area contributed by atoms with Crippen LogP contribution in [-0.4, -0.2) is 55.3 Å². The highest BCUT2D eigenvalue weighted by atomic mass is 16.5. The Labute approximate surface area is 171 Å². The van der Waals surface area contributed by atoms with Gasteiger partial charge >= 0.3 is 6.03 Å². The van der Waals surface area contributed by atoms with E-state index in [1.807, 2.05) is 12.3 Å². The molecule has 0 spiro atoms. The summed E-state index contributed by atoms with van der Waals surface area (Å²) >= 11 is 0. The first-order valence-electron chi connectivity index (χ1n) is 10.1. The summed E-state index contributed by atoms with van der Waals surface area (Å²) in [7, 11) is 3.18. The first kappa shape index (κ1) is 19.5. The molecule has 1 aromatic heterocycles. The standard InChI is InChI=1S/C22H28N4O3/c1-28-17-5-6-18(20(13-17)29-2)24-22(27)25-21-16-7-10-26(11-8-16)19(21)12-15-4-3-9-23-14-15/h3-6,9,13-14,16,19,21H,7-8,10-12H2,1-2H3,(H2,24,25,27)/t19-,21+/m1/s1. The van der Waals surface area contributed by atoms with E-state index in [0.29, 0.717) is 23.1 Å². The number of nitrogens with zero attached hydrogens (tertiary/aromatic N) is 2. The normalized spacial score (nSPS) is 25.3. The number of methoxy groups -OCH3 is 2. The van der Waals surface area contributed by atoms with Crippen LogP contribution in [0.15, 0.2) is 42.7 Å². The summed E-state index contributed by atoms with van der Waals surface area (Å²) in [6.45, 7) is 2.20. The number of fused-ring (bicyclic) bond motifs is 3. The number of aromatic nitrogens is 1. The molecule has 1 aromatic carbocycles. The molecule has 154 valence electrons. The van der Waals surface area contributed by atoms with Crippen LogP contribution < -0.4 is 20.1 Å². The van der Waals surface area contributed by atoms with Crippen molar-refractivity contribution in [2.75, 3.05) is 32.6 Å². The molecule has 3 saturated heterocycles. The maximum Gasteiger partial charge on any atom is 0.319 e. The van der Waals surface area contributed by atoms with E-state index in [-0.39, 0.29) is 18.1 Å². The molecule has 0 aliphatic carbocycles. The zero-order valence-corrected chi connectivity index (χ0v) is 16.9. The van der Waals surface area contributed by atoms with E-state index in [2.05, 4.69) is 26.6 Å². The molecule has 7 nitrogen and oxygen atoms in total. The van der Waals surface area contributed by atoms with Crippen LogP contribution in [0.5, 0.6) is 11.5 Å². The van der Waals surface area contributed by atoms with E-state index in [1.54, 1.807) is 38.6 Å². The number of carbonyl (C=O) groups excluding carboxylic acids is 1. The van der Waals surface area contributed by atoms with Crippen molar-refractivity contribution in [3.63, 3.8) is 0 Å². The molecule has 3 aliphatic rings. The summed E-state index contributed by atoms with van der Waals surface area (Å²) < 4.78 is 10.6. The van der Waals surface area contributed by atoms with E-state index < -0.39 is 0 Å². The quantitative estimate of drug-likeness (QED) is 0.785. The first-order valence-corrected chi connectivity index (χ1v) is 10.1. The number of nitrogens with one attached hydrogen (secondary N) is 2. The molecule has 2 atom stereocenters. The molecule has 4 heterocycles. The van der Waals surface area contributed by atoms with Gasteiger partial charge in [0.05, 0.1) is 19.9 Å². The number of anilines is 1. The second kappa shape index (κ2) is 8.69. The van der Waals surface area contributed by atoms with Crippen LogP contribution in [0.25, 0.3) is 0 Å². The number of amides is 2. The SMILES string of the molecule is COc1ccc(NC(=O)N[C@H]2C3CCN(CC3)[C@@H]2Cc2cccnc2)c(OC)c1. The number of urea groups is 1. The summed E-state index contributed by atoms with van der Waals surface area (Å²) in [4.78, 5) is 19.6. The average Bonchev–Trinajstić information content (AvgIpc) is 2.77. The Morgan fingerprint density at radius 1 is 1.21 bits per heavy atom. The second-order valence-corrected chi connectivity index (χ2v) is 7.70. The lowest BCUT2D eigenvalue weighted by molar-refractivity contribution is 0.0184. The molecule has 3 fully saturated rings. The van der Waals surface area contributed by atoms with Gasteiger partial charge in [-0.05, 0) is 62.0 Å². The second-order valence-electron chi connectivity index (χ2n) is 7.70. The van der Waals surface area contributed by atoms with Crippen molar-refractivity contribution < 1.29 is 14.3 Å². The van der Waals surface area contributed by atoms with Crippen LogP contribution in [0.3, 0.4) is 0 Å². The maximum atomic E-state index is 12.8. The fraction of sp³-hybridized carbons (Fsp3) is 0.455. The summed E-state index contributed by atoms with van der Waals surface area (Å²) in [6.07, 6.45) is 6.85. The van der Waals surface area contributed by atoms with E-state index in [4.69, 9.17) is 9.47 Å². The zero-order valence-electron chi connectivity index (χ0n) is 16.9.